The van der Waals surface area contributed by atoms with E-state index in [9.17, 15) is 13.6 Å². The maximum atomic E-state index is 13.6. The van der Waals surface area contributed by atoms with Gasteiger partial charge >= 0.3 is 0 Å². The summed E-state index contributed by atoms with van der Waals surface area (Å²) in [7, 11) is 0. The standard InChI is InChI=1S/C14H18F2N2O/c1-8(13-11(15)3-2-4-12(13)16)18-14(19)9-5-6-10(17)7-9/h2-4,8-10H,5-7,17H2,1H3,(H,18,19). The first-order valence-electron chi connectivity index (χ1n) is 6.49. The zero-order chi connectivity index (χ0) is 14.0. The van der Waals surface area contributed by atoms with E-state index in [0.717, 1.165) is 12.8 Å². The zero-order valence-electron chi connectivity index (χ0n) is 10.8. The largest absolute Gasteiger partial charge is 0.349 e. The number of nitrogens with one attached hydrogen (secondary N) is 1. The van der Waals surface area contributed by atoms with Gasteiger partial charge in [-0.1, -0.05) is 6.07 Å². The van der Waals surface area contributed by atoms with Crippen LogP contribution in [0, 0.1) is 17.6 Å². The second kappa shape index (κ2) is 5.65. The molecule has 1 aliphatic carbocycles. The maximum absolute atomic E-state index is 13.6. The van der Waals surface area contributed by atoms with E-state index < -0.39 is 17.7 Å². The van der Waals surface area contributed by atoms with E-state index in [1.807, 2.05) is 0 Å². The van der Waals surface area contributed by atoms with Crippen molar-refractivity contribution in [3.05, 3.63) is 35.4 Å². The van der Waals surface area contributed by atoms with E-state index >= 15 is 0 Å². The van der Waals surface area contributed by atoms with Crippen molar-refractivity contribution >= 4 is 5.91 Å². The Morgan fingerprint density at radius 1 is 1.37 bits per heavy atom. The van der Waals surface area contributed by atoms with Gasteiger partial charge < -0.3 is 11.1 Å². The highest BCUT2D eigenvalue weighted by molar-refractivity contribution is 5.79. The van der Waals surface area contributed by atoms with Crippen molar-refractivity contribution in [2.75, 3.05) is 0 Å². The molecule has 0 aliphatic heterocycles. The Labute approximate surface area is 111 Å². The molecule has 1 fully saturated rings. The molecule has 0 spiro atoms. The number of benzene rings is 1. The van der Waals surface area contributed by atoms with Crippen molar-refractivity contribution in [2.45, 2.75) is 38.3 Å². The molecule has 1 aliphatic rings. The molecule has 19 heavy (non-hydrogen) atoms. The minimum absolute atomic E-state index is 0.0521. The third-order valence-corrected chi connectivity index (χ3v) is 3.64. The summed E-state index contributed by atoms with van der Waals surface area (Å²) in [4.78, 5) is 12.0. The van der Waals surface area contributed by atoms with Gasteiger partial charge in [-0.3, -0.25) is 4.79 Å². The van der Waals surface area contributed by atoms with Crippen molar-refractivity contribution in [1.29, 1.82) is 0 Å². The lowest BCUT2D eigenvalue weighted by Crippen LogP contribution is -2.33. The Morgan fingerprint density at radius 2 is 2.00 bits per heavy atom. The van der Waals surface area contributed by atoms with E-state index in [4.69, 9.17) is 5.73 Å². The molecule has 0 aromatic heterocycles. The van der Waals surface area contributed by atoms with Crippen LogP contribution in [0.25, 0.3) is 0 Å². The lowest BCUT2D eigenvalue weighted by Gasteiger charge is -2.18. The van der Waals surface area contributed by atoms with Crippen LogP contribution < -0.4 is 11.1 Å². The fraction of sp³-hybridized carbons (Fsp3) is 0.500. The third-order valence-electron chi connectivity index (χ3n) is 3.64. The molecule has 5 heteroatoms. The van der Waals surface area contributed by atoms with Gasteiger partial charge in [0, 0.05) is 17.5 Å². The topological polar surface area (TPSA) is 55.1 Å². The van der Waals surface area contributed by atoms with Crippen molar-refractivity contribution < 1.29 is 13.6 Å². The molecule has 1 saturated carbocycles. The summed E-state index contributed by atoms with van der Waals surface area (Å²) < 4.78 is 27.2. The molecule has 1 aromatic carbocycles. The number of halogens is 2. The quantitative estimate of drug-likeness (QED) is 0.883. The van der Waals surface area contributed by atoms with E-state index in [-0.39, 0.29) is 23.4 Å². The minimum atomic E-state index is -0.689. The lowest BCUT2D eigenvalue weighted by molar-refractivity contribution is -0.125. The summed E-state index contributed by atoms with van der Waals surface area (Å²) in [6.07, 6.45) is 2.19. The first-order chi connectivity index (χ1) is 8.99. The smallest absolute Gasteiger partial charge is 0.223 e. The molecular weight excluding hydrogens is 250 g/mol. The van der Waals surface area contributed by atoms with Gasteiger partial charge in [-0.2, -0.15) is 0 Å². The first-order valence-corrected chi connectivity index (χ1v) is 6.49. The molecule has 0 radical (unpaired) electrons. The molecule has 3 atom stereocenters. The summed E-state index contributed by atoms with van der Waals surface area (Å²) in [5.74, 6) is -1.61. The Balaban J connectivity index is 2.05. The number of hydrogen-bond donors (Lipinski definition) is 2. The fourth-order valence-electron chi connectivity index (χ4n) is 2.58. The first kappa shape index (κ1) is 13.9. The number of carbonyl (C=O) groups is 1. The monoisotopic (exact) mass is 268 g/mol. The van der Waals surface area contributed by atoms with E-state index in [1.165, 1.54) is 18.2 Å². The van der Waals surface area contributed by atoms with E-state index in [0.29, 0.717) is 6.42 Å². The molecule has 1 amide bonds. The molecule has 1 aromatic rings. The molecule has 0 saturated heterocycles. The number of amides is 1. The van der Waals surface area contributed by atoms with Crippen molar-refractivity contribution in [3.63, 3.8) is 0 Å². The molecule has 3 nitrogen and oxygen atoms in total. The van der Waals surface area contributed by atoms with Crippen LogP contribution in [0.5, 0.6) is 0 Å². The van der Waals surface area contributed by atoms with Gasteiger partial charge in [0.25, 0.3) is 0 Å². The summed E-state index contributed by atoms with van der Waals surface area (Å²) in [5.41, 5.74) is 5.65. The average molecular weight is 268 g/mol. The number of rotatable bonds is 3. The van der Waals surface area contributed by atoms with Crippen molar-refractivity contribution in [2.24, 2.45) is 11.7 Å². The number of nitrogens with two attached hydrogens (primary N) is 1. The molecule has 2 rings (SSSR count). The molecule has 3 N–H and O–H groups in total. The van der Waals surface area contributed by atoms with Crippen LogP contribution in [0.2, 0.25) is 0 Å². The van der Waals surface area contributed by atoms with Gasteiger partial charge in [0.15, 0.2) is 0 Å². The van der Waals surface area contributed by atoms with Gasteiger partial charge in [0.2, 0.25) is 5.91 Å². The van der Waals surface area contributed by atoms with Crippen molar-refractivity contribution in [3.8, 4) is 0 Å². The predicted octanol–water partition coefficient (Wildman–Crippen LogP) is 2.27. The summed E-state index contributed by atoms with van der Waals surface area (Å²) in [6.45, 7) is 1.58. The number of carbonyl (C=O) groups excluding carboxylic acids is 1. The van der Waals surface area contributed by atoms with E-state index in [2.05, 4.69) is 5.32 Å². The predicted molar refractivity (Wildman–Crippen MR) is 68.2 cm³/mol. The molecule has 104 valence electrons. The Morgan fingerprint density at radius 3 is 2.53 bits per heavy atom. The Bertz CT molecular complexity index is 458. The normalized spacial score (nSPS) is 24.2. The Hall–Kier alpha value is -1.49. The van der Waals surface area contributed by atoms with Crippen LogP contribution in [0.4, 0.5) is 8.78 Å². The van der Waals surface area contributed by atoms with Gasteiger partial charge in [0.05, 0.1) is 6.04 Å². The second-order valence-electron chi connectivity index (χ2n) is 5.14. The summed E-state index contributed by atoms with van der Waals surface area (Å²) in [6, 6.07) is 3.04. The van der Waals surface area contributed by atoms with Gasteiger partial charge in [-0.05, 0) is 38.3 Å². The second-order valence-corrected chi connectivity index (χ2v) is 5.14. The average Bonchev–Trinajstić information content (AvgIpc) is 2.75. The third kappa shape index (κ3) is 3.10. The van der Waals surface area contributed by atoms with Crippen molar-refractivity contribution in [1.82, 2.24) is 5.32 Å². The summed E-state index contributed by atoms with van der Waals surface area (Å²) >= 11 is 0. The van der Waals surface area contributed by atoms with Crippen LogP contribution in [0.15, 0.2) is 18.2 Å². The molecule has 3 unspecified atom stereocenters. The van der Waals surface area contributed by atoms with Gasteiger partial charge in [-0.25, -0.2) is 8.78 Å². The van der Waals surface area contributed by atoms with Crippen LogP contribution in [0.1, 0.15) is 37.8 Å². The van der Waals surface area contributed by atoms with Crippen LogP contribution in [0.3, 0.4) is 0 Å². The SMILES string of the molecule is CC(NC(=O)C1CCC(N)C1)c1c(F)cccc1F. The van der Waals surface area contributed by atoms with Crippen LogP contribution in [-0.2, 0) is 4.79 Å². The highest BCUT2D eigenvalue weighted by Gasteiger charge is 2.29. The van der Waals surface area contributed by atoms with Crippen LogP contribution in [-0.4, -0.2) is 11.9 Å². The van der Waals surface area contributed by atoms with Gasteiger partial charge in [0.1, 0.15) is 11.6 Å². The number of hydrogen-bond acceptors (Lipinski definition) is 2. The van der Waals surface area contributed by atoms with Crippen LogP contribution >= 0.6 is 0 Å². The summed E-state index contributed by atoms with van der Waals surface area (Å²) in [5, 5.41) is 2.67. The molecule has 0 heterocycles. The minimum Gasteiger partial charge on any atom is -0.349 e. The van der Waals surface area contributed by atoms with E-state index in [1.54, 1.807) is 6.92 Å². The maximum Gasteiger partial charge on any atom is 0.223 e. The fourth-order valence-corrected chi connectivity index (χ4v) is 2.58. The lowest BCUT2D eigenvalue weighted by atomic mass is 10.0. The highest BCUT2D eigenvalue weighted by Crippen LogP contribution is 2.26. The van der Waals surface area contributed by atoms with Gasteiger partial charge in [-0.15, -0.1) is 0 Å². The Kier molecular flexibility index (Phi) is 4.14. The highest BCUT2D eigenvalue weighted by atomic mass is 19.1. The zero-order valence-corrected chi connectivity index (χ0v) is 10.8. The molecule has 0 bridgehead atoms. The molecular formula is C14H18F2N2O.